The molecule has 2 N–H and O–H groups in total. The molecule has 0 radical (unpaired) electrons. The summed E-state index contributed by atoms with van der Waals surface area (Å²) in [5.74, 6) is 0.818. The predicted octanol–water partition coefficient (Wildman–Crippen LogP) is 3.18. The summed E-state index contributed by atoms with van der Waals surface area (Å²) in [5, 5.41) is 2.72. The Labute approximate surface area is 166 Å². The molecule has 152 valence electrons. The lowest BCUT2D eigenvalue weighted by molar-refractivity contribution is -0.118. The van der Waals surface area contributed by atoms with Crippen LogP contribution in [0.4, 0.5) is 5.69 Å². The van der Waals surface area contributed by atoms with Crippen molar-refractivity contribution in [3.63, 3.8) is 0 Å². The van der Waals surface area contributed by atoms with Crippen LogP contribution in [0.25, 0.3) is 0 Å². The molecule has 2 rings (SSSR count). The Morgan fingerprint density at radius 1 is 0.964 bits per heavy atom. The number of amides is 1. The van der Waals surface area contributed by atoms with Crippen molar-refractivity contribution in [1.29, 1.82) is 0 Å². The molecule has 28 heavy (non-hydrogen) atoms. The van der Waals surface area contributed by atoms with Gasteiger partial charge in [0.2, 0.25) is 10.0 Å². The summed E-state index contributed by atoms with van der Waals surface area (Å²) in [7, 11) is -3.56. The van der Waals surface area contributed by atoms with Crippen LogP contribution >= 0.6 is 0 Å². The molecule has 0 aliphatic rings. The Morgan fingerprint density at radius 3 is 2.11 bits per heavy atom. The minimum Gasteiger partial charge on any atom is -0.494 e. The predicted molar refractivity (Wildman–Crippen MR) is 108 cm³/mol. The number of anilines is 1. The number of hydrogen-bond acceptors (Lipinski definition) is 5. The van der Waals surface area contributed by atoms with Gasteiger partial charge in [0.15, 0.2) is 6.61 Å². The maximum atomic E-state index is 12.2. The van der Waals surface area contributed by atoms with E-state index in [9.17, 15) is 13.2 Å². The van der Waals surface area contributed by atoms with Crippen molar-refractivity contribution in [3.05, 3.63) is 48.5 Å². The summed E-state index contributed by atoms with van der Waals surface area (Å²) in [6, 6.07) is 12.8. The summed E-state index contributed by atoms with van der Waals surface area (Å²) >= 11 is 0. The normalized spacial score (nSPS) is 12.2. The molecule has 2 aromatic carbocycles. The molecule has 0 fully saturated rings. The van der Waals surface area contributed by atoms with Crippen molar-refractivity contribution in [2.45, 2.75) is 38.1 Å². The quantitative estimate of drug-likeness (QED) is 0.632. The first kappa shape index (κ1) is 21.7. The van der Waals surface area contributed by atoms with Crippen LogP contribution in [0.3, 0.4) is 0 Å². The maximum Gasteiger partial charge on any atom is 0.262 e. The molecule has 0 aliphatic heterocycles. The van der Waals surface area contributed by atoms with E-state index < -0.39 is 10.0 Å². The van der Waals surface area contributed by atoms with E-state index in [4.69, 9.17) is 9.47 Å². The van der Waals surface area contributed by atoms with E-state index in [1.54, 1.807) is 31.2 Å². The second-order valence-electron chi connectivity index (χ2n) is 6.20. The number of ether oxygens (including phenoxy) is 2. The third-order valence-corrected chi connectivity index (χ3v) is 5.53. The van der Waals surface area contributed by atoms with Gasteiger partial charge in [-0.3, -0.25) is 4.79 Å². The minimum atomic E-state index is -3.56. The molecule has 0 aliphatic carbocycles. The molecule has 0 spiro atoms. The van der Waals surface area contributed by atoms with Crippen LogP contribution in [0.1, 0.15) is 27.2 Å². The number of nitrogens with one attached hydrogen (secondary N) is 2. The summed E-state index contributed by atoms with van der Waals surface area (Å²) in [6.45, 7) is 6.00. The molecule has 7 nitrogen and oxygen atoms in total. The fraction of sp³-hybridized carbons (Fsp3) is 0.350. The van der Waals surface area contributed by atoms with Gasteiger partial charge in [-0.15, -0.1) is 0 Å². The van der Waals surface area contributed by atoms with Crippen LogP contribution in [0.5, 0.6) is 11.5 Å². The molecular weight excluding hydrogens is 380 g/mol. The van der Waals surface area contributed by atoms with Gasteiger partial charge in [0.05, 0.1) is 11.5 Å². The standard InChI is InChI=1S/C20H26N2O5S/c1-4-15(3)22-28(24,25)19-12-10-18(11-13-19)27-14-20(23)21-16-6-8-17(9-7-16)26-5-2/h6-13,15,22H,4-5,14H2,1-3H3,(H,21,23)/t15-/m0/s1. The number of carbonyl (C=O) groups excluding carboxylic acids is 1. The van der Waals surface area contributed by atoms with Gasteiger partial charge >= 0.3 is 0 Å². The average Bonchev–Trinajstić information content (AvgIpc) is 2.68. The lowest BCUT2D eigenvalue weighted by Gasteiger charge is -2.12. The zero-order valence-electron chi connectivity index (χ0n) is 16.3. The highest BCUT2D eigenvalue weighted by Crippen LogP contribution is 2.18. The van der Waals surface area contributed by atoms with Crippen LogP contribution in [0.2, 0.25) is 0 Å². The Bertz CT molecular complexity index is 864. The molecule has 1 atom stereocenters. The molecule has 0 saturated carbocycles. The first-order valence-corrected chi connectivity index (χ1v) is 10.6. The third-order valence-electron chi connectivity index (χ3n) is 3.92. The van der Waals surface area contributed by atoms with Crippen molar-refractivity contribution in [3.8, 4) is 11.5 Å². The highest BCUT2D eigenvalue weighted by molar-refractivity contribution is 7.89. The maximum absolute atomic E-state index is 12.2. The molecule has 0 aromatic heterocycles. The molecule has 8 heteroatoms. The first-order valence-electron chi connectivity index (χ1n) is 9.12. The van der Waals surface area contributed by atoms with Gasteiger partial charge in [0.25, 0.3) is 5.91 Å². The number of benzene rings is 2. The van der Waals surface area contributed by atoms with Crippen molar-refractivity contribution in [2.75, 3.05) is 18.5 Å². The zero-order valence-corrected chi connectivity index (χ0v) is 17.1. The molecule has 0 heterocycles. The number of rotatable bonds is 10. The van der Waals surface area contributed by atoms with E-state index in [2.05, 4.69) is 10.0 Å². The Hall–Kier alpha value is -2.58. The van der Waals surface area contributed by atoms with Gasteiger partial charge in [-0.05, 0) is 68.8 Å². The SMILES string of the molecule is CCOc1ccc(NC(=O)COc2ccc(S(=O)(=O)N[C@@H](C)CC)cc2)cc1. The molecular formula is C20H26N2O5S. The van der Waals surface area contributed by atoms with Crippen molar-refractivity contribution in [1.82, 2.24) is 4.72 Å². The lowest BCUT2D eigenvalue weighted by atomic mass is 10.3. The third kappa shape index (κ3) is 6.54. The summed E-state index contributed by atoms with van der Waals surface area (Å²) in [5.41, 5.74) is 0.634. The van der Waals surface area contributed by atoms with E-state index in [0.717, 1.165) is 5.75 Å². The van der Waals surface area contributed by atoms with E-state index in [1.807, 2.05) is 13.8 Å². The topological polar surface area (TPSA) is 93.7 Å². The van der Waals surface area contributed by atoms with Gasteiger partial charge in [-0.25, -0.2) is 13.1 Å². The Kier molecular flexibility index (Phi) is 7.83. The van der Waals surface area contributed by atoms with Gasteiger partial charge in [-0.1, -0.05) is 6.92 Å². The van der Waals surface area contributed by atoms with E-state index in [1.165, 1.54) is 24.3 Å². The fourth-order valence-electron chi connectivity index (χ4n) is 2.28. The monoisotopic (exact) mass is 406 g/mol. The van der Waals surface area contributed by atoms with Crippen molar-refractivity contribution < 1.29 is 22.7 Å². The van der Waals surface area contributed by atoms with Crippen LogP contribution in [0.15, 0.2) is 53.4 Å². The Morgan fingerprint density at radius 2 is 1.54 bits per heavy atom. The average molecular weight is 407 g/mol. The molecule has 1 amide bonds. The van der Waals surface area contributed by atoms with Gasteiger partial charge < -0.3 is 14.8 Å². The molecule has 0 saturated heterocycles. The summed E-state index contributed by atoms with van der Waals surface area (Å²) in [4.78, 5) is 12.2. The highest BCUT2D eigenvalue weighted by Gasteiger charge is 2.16. The minimum absolute atomic E-state index is 0.146. The van der Waals surface area contributed by atoms with Crippen LogP contribution in [-0.4, -0.2) is 33.6 Å². The summed E-state index contributed by atoms with van der Waals surface area (Å²) in [6.07, 6.45) is 0.698. The van der Waals surface area contributed by atoms with E-state index in [-0.39, 0.29) is 23.5 Å². The van der Waals surface area contributed by atoms with Crippen LogP contribution in [0, 0.1) is 0 Å². The smallest absolute Gasteiger partial charge is 0.262 e. The Balaban J connectivity index is 1.87. The van der Waals surface area contributed by atoms with Crippen LogP contribution in [-0.2, 0) is 14.8 Å². The van der Waals surface area contributed by atoms with Gasteiger partial charge in [-0.2, -0.15) is 0 Å². The van der Waals surface area contributed by atoms with Crippen LogP contribution < -0.4 is 19.5 Å². The number of sulfonamides is 1. The fourth-order valence-corrected chi connectivity index (χ4v) is 3.61. The first-order chi connectivity index (χ1) is 13.3. The zero-order chi connectivity index (χ0) is 20.6. The second kappa shape index (κ2) is 10.1. The summed E-state index contributed by atoms with van der Waals surface area (Å²) < 4.78 is 37.8. The van der Waals surface area contributed by atoms with Gasteiger partial charge in [0.1, 0.15) is 11.5 Å². The second-order valence-corrected chi connectivity index (χ2v) is 7.91. The number of carbonyl (C=O) groups is 1. The highest BCUT2D eigenvalue weighted by atomic mass is 32.2. The molecule has 0 unspecified atom stereocenters. The van der Waals surface area contributed by atoms with E-state index in [0.29, 0.717) is 24.5 Å². The molecule has 0 bridgehead atoms. The largest absolute Gasteiger partial charge is 0.494 e. The van der Waals surface area contributed by atoms with Gasteiger partial charge in [0, 0.05) is 11.7 Å². The van der Waals surface area contributed by atoms with Crippen molar-refractivity contribution >= 4 is 21.6 Å². The number of hydrogen-bond donors (Lipinski definition) is 2. The van der Waals surface area contributed by atoms with Crippen molar-refractivity contribution in [2.24, 2.45) is 0 Å². The lowest BCUT2D eigenvalue weighted by Crippen LogP contribution is -2.31. The molecule has 2 aromatic rings. The van der Waals surface area contributed by atoms with E-state index >= 15 is 0 Å².